The van der Waals surface area contributed by atoms with Gasteiger partial charge in [0.2, 0.25) is 0 Å². The molecule has 1 atom stereocenters. The number of ether oxygens (including phenoxy) is 2. The van der Waals surface area contributed by atoms with E-state index in [1.54, 1.807) is 33.1 Å². The van der Waals surface area contributed by atoms with E-state index in [1.807, 2.05) is 12.1 Å². The maximum absolute atomic E-state index is 11.7. The second-order valence-corrected chi connectivity index (χ2v) is 5.00. The summed E-state index contributed by atoms with van der Waals surface area (Å²) in [5.74, 6) is -0.0176. The first-order chi connectivity index (χ1) is 10.5. The van der Waals surface area contributed by atoms with Crippen molar-refractivity contribution < 1.29 is 19.4 Å². The quantitative estimate of drug-likeness (QED) is 0.816. The van der Waals surface area contributed by atoms with Crippen LogP contribution in [-0.4, -0.2) is 39.1 Å². The van der Waals surface area contributed by atoms with Gasteiger partial charge >= 0.3 is 5.97 Å². The van der Waals surface area contributed by atoms with Gasteiger partial charge in [-0.05, 0) is 19.9 Å². The molecule has 0 radical (unpaired) electrons. The molecule has 0 amide bonds. The SMILES string of the molecule is COc1ccccc1[C@H](O)Cn1cnc(C(=O)OC(C)C)n1. The zero-order chi connectivity index (χ0) is 16.1. The van der Waals surface area contributed by atoms with Crippen LogP contribution in [0.3, 0.4) is 0 Å². The molecule has 118 valence electrons. The van der Waals surface area contributed by atoms with Gasteiger partial charge in [0, 0.05) is 5.56 Å². The molecule has 0 spiro atoms. The molecule has 0 unspecified atom stereocenters. The fourth-order valence-corrected chi connectivity index (χ4v) is 1.96. The fraction of sp³-hybridized carbons (Fsp3) is 0.400. The number of aromatic nitrogens is 3. The zero-order valence-electron chi connectivity index (χ0n) is 12.8. The van der Waals surface area contributed by atoms with Crippen molar-refractivity contribution in [2.75, 3.05) is 7.11 Å². The van der Waals surface area contributed by atoms with Gasteiger partial charge in [0.1, 0.15) is 18.2 Å². The number of aliphatic hydroxyl groups is 1. The summed E-state index contributed by atoms with van der Waals surface area (Å²) < 4.78 is 11.6. The van der Waals surface area contributed by atoms with Crippen LogP contribution >= 0.6 is 0 Å². The van der Waals surface area contributed by atoms with E-state index in [4.69, 9.17) is 9.47 Å². The molecule has 0 aliphatic heterocycles. The molecule has 0 aliphatic carbocycles. The summed E-state index contributed by atoms with van der Waals surface area (Å²) in [5.41, 5.74) is 0.645. The van der Waals surface area contributed by atoms with Crippen LogP contribution in [0.25, 0.3) is 0 Å². The topological polar surface area (TPSA) is 86.5 Å². The van der Waals surface area contributed by atoms with Crippen molar-refractivity contribution in [1.82, 2.24) is 14.8 Å². The van der Waals surface area contributed by atoms with E-state index in [1.165, 1.54) is 11.0 Å². The number of methoxy groups -OCH3 is 1. The molecule has 1 aromatic carbocycles. The van der Waals surface area contributed by atoms with Crippen molar-refractivity contribution in [1.29, 1.82) is 0 Å². The number of carbonyl (C=O) groups excluding carboxylic acids is 1. The molecule has 2 rings (SSSR count). The Morgan fingerprint density at radius 3 is 2.77 bits per heavy atom. The first-order valence-corrected chi connectivity index (χ1v) is 6.92. The number of hydrogen-bond acceptors (Lipinski definition) is 6. The first kappa shape index (κ1) is 16.0. The molecule has 7 heteroatoms. The lowest BCUT2D eigenvalue weighted by atomic mass is 10.1. The van der Waals surface area contributed by atoms with Gasteiger partial charge in [-0.1, -0.05) is 18.2 Å². The normalized spacial score (nSPS) is 12.2. The predicted molar refractivity (Wildman–Crippen MR) is 78.5 cm³/mol. The zero-order valence-corrected chi connectivity index (χ0v) is 12.8. The number of aliphatic hydroxyl groups excluding tert-OH is 1. The van der Waals surface area contributed by atoms with Gasteiger partial charge in [-0.3, -0.25) is 0 Å². The summed E-state index contributed by atoms with van der Waals surface area (Å²) in [6.07, 6.45) is 0.320. The Balaban J connectivity index is 2.08. The molecular weight excluding hydrogens is 286 g/mol. The van der Waals surface area contributed by atoms with Crippen LogP contribution in [0.4, 0.5) is 0 Å². The average Bonchev–Trinajstić information content (AvgIpc) is 2.95. The Bertz CT molecular complexity index is 639. The van der Waals surface area contributed by atoms with E-state index in [0.717, 1.165) is 0 Å². The number of rotatable bonds is 6. The summed E-state index contributed by atoms with van der Waals surface area (Å²) in [4.78, 5) is 15.6. The minimum Gasteiger partial charge on any atom is -0.496 e. The average molecular weight is 305 g/mol. The van der Waals surface area contributed by atoms with Crippen molar-refractivity contribution in [2.45, 2.75) is 32.6 Å². The van der Waals surface area contributed by atoms with E-state index in [-0.39, 0.29) is 18.5 Å². The molecular formula is C15H19N3O4. The molecule has 22 heavy (non-hydrogen) atoms. The molecule has 0 bridgehead atoms. The Hall–Kier alpha value is -2.41. The third-order valence-corrected chi connectivity index (χ3v) is 2.92. The lowest BCUT2D eigenvalue weighted by Gasteiger charge is -2.14. The molecule has 1 aromatic heterocycles. The predicted octanol–water partition coefficient (Wildman–Crippen LogP) is 1.59. The highest BCUT2D eigenvalue weighted by Gasteiger charge is 2.17. The Labute approximate surface area is 128 Å². The van der Waals surface area contributed by atoms with Crippen LogP contribution in [0, 0.1) is 0 Å². The highest BCUT2D eigenvalue weighted by molar-refractivity contribution is 5.84. The van der Waals surface area contributed by atoms with Gasteiger partial charge in [0.25, 0.3) is 5.82 Å². The van der Waals surface area contributed by atoms with Crippen molar-refractivity contribution in [2.24, 2.45) is 0 Å². The van der Waals surface area contributed by atoms with Gasteiger partial charge in [-0.15, -0.1) is 5.10 Å². The van der Waals surface area contributed by atoms with Crippen LogP contribution in [-0.2, 0) is 11.3 Å². The molecule has 0 saturated carbocycles. The van der Waals surface area contributed by atoms with Gasteiger partial charge in [0.15, 0.2) is 0 Å². The van der Waals surface area contributed by atoms with E-state index < -0.39 is 12.1 Å². The van der Waals surface area contributed by atoms with Gasteiger partial charge in [0.05, 0.1) is 19.8 Å². The van der Waals surface area contributed by atoms with E-state index in [0.29, 0.717) is 11.3 Å². The van der Waals surface area contributed by atoms with Crippen LogP contribution in [0.5, 0.6) is 5.75 Å². The number of hydrogen-bond donors (Lipinski definition) is 1. The molecule has 0 fully saturated rings. The van der Waals surface area contributed by atoms with Crippen LogP contribution in [0.15, 0.2) is 30.6 Å². The largest absolute Gasteiger partial charge is 0.496 e. The summed E-state index contributed by atoms with van der Waals surface area (Å²) >= 11 is 0. The Morgan fingerprint density at radius 1 is 1.36 bits per heavy atom. The summed E-state index contributed by atoms with van der Waals surface area (Å²) in [5, 5.41) is 14.3. The molecule has 1 N–H and O–H groups in total. The maximum atomic E-state index is 11.7. The lowest BCUT2D eigenvalue weighted by Crippen LogP contribution is -2.15. The highest BCUT2D eigenvalue weighted by atomic mass is 16.5. The van der Waals surface area contributed by atoms with E-state index in [2.05, 4.69) is 10.1 Å². The number of benzene rings is 1. The monoisotopic (exact) mass is 305 g/mol. The molecule has 0 aliphatic rings. The van der Waals surface area contributed by atoms with Crippen LogP contribution < -0.4 is 4.74 Å². The molecule has 1 heterocycles. The molecule has 2 aromatic rings. The Kier molecular flexibility index (Phi) is 5.11. The minimum absolute atomic E-state index is 0.0269. The maximum Gasteiger partial charge on any atom is 0.378 e. The van der Waals surface area contributed by atoms with Gasteiger partial charge in [-0.25, -0.2) is 14.5 Å². The Morgan fingerprint density at radius 2 is 2.09 bits per heavy atom. The van der Waals surface area contributed by atoms with Crippen molar-refractivity contribution in [3.05, 3.63) is 42.0 Å². The molecule has 7 nitrogen and oxygen atoms in total. The van der Waals surface area contributed by atoms with Crippen molar-refractivity contribution in [3.63, 3.8) is 0 Å². The number of esters is 1. The summed E-state index contributed by atoms with van der Waals surface area (Å²) in [6, 6.07) is 7.18. The van der Waals surface area contributed by atoms with Gasteiger partial charge < -0.3 is 14.6 Å². The third kappa shape index (κ3) is 3.82. The first-order valence-electron chi connectivity index (χ1n) is 6.92. The van der Waals surface area contributed by atoms with E-state index >= 15 is 0 Å². The summed E-state index contributed by atoms with van der Waals surface area (Å²) in [6.45, 7) is 3.66. The molecule has 0 saturated heterocycles. The van der Waals surface area contributed by atoms with Gasteiger partial charge in [-0.2, -0.15) is 0 Å². The lowest BCUT2D eigenvalue weighted by molar-refractivity contribution is 0.0362. The standard InChI is InChI=1S/C15H19N3O4/c1-10(2)22-15(20)14-16-9-18(17-14)8-12(19)11-6-4-5-7-13(11)21-3/h4-7,9-10,12,19H,8H2,1-3H3/t12-/m1/s1. The van der Waals surface area contributed by atoms with Crippen molar-refractivity contribution in [3.8, 4) is 5.75 Å². The fourth-order valence-electron chi connectivity index (χ4n) is 1.96. The number of nitrogens with zero attached hydrogens (tertiary/aromatic N) is 3. The minimum atomic E-state index is -0.827. The van der Waals surface area contributed by atoms with E-state index in [9.17, 15) is 9.90 Å². The summed E-state index contributed by atoms with van der Waals surface area (Å²) in [7, 11) is 1.54. The van der Waals surface area contributed by atoms with Crippen molar-refractivity contribution >= 4 is 5.97 Å². The van der Waals surface area contributed by atoms with Crippen LogP contribution in [0.1, 0.15) is 36.1 Å². The van der Waals surface area contributed by atoms with Crippen LogP contribution in [0.2, 0.25) is 0 Å². The second kappa shape index (κ2) is 7.04. The smallest absolute Gasteiger partial charge is 0.378 e. The third-order valence-electron chi connectivity index (χ3n) is 2.92. The number of carbonyl (C=O) groups is 1. The highest BCUT2D eigenvalue weighted by Crippen LogP contribution is 2.25. The number of para-hydroxylation sites is 1. The second-order valence-electron chi connectivity index (χ2n) is 5.00.